The topological polar surface area (TPSA) is 94.2 Å². The van der Waals surface area contributed by atoms with Crippen molar-refractivity contribution in [1.82, 2.24) is 29.5 Å². The fourth-order valence-electron chi connectivity index (χ4n) is 7.05. The van der Waals surface area contributed by atoms with Crippen molar-refractivity contribution in [2.24, 2.45) is 17.8 Å². The molecule has 0 aliphatic heterocycles. The highest BCUT2D eigenvalue weighted by atomic mass is 16.2. The van der Waals surface area contributed by atoms with Crippen molar-refractivity contribution in [1.29, 1.82) is 0 Å². The van der Waals surface area contributed by atoms with E-state index in [0.717, 1.165) is 61.8 Å². The fourth-order valence-corrected chi connectivity index (χ4v) is 7.05. The minimum absolute atomic E-state index is 0.149. The highest BCUT2D eigenvalue weighted by Gasteiger charge is 2.51. The van der Waals surface area contributed by atoms with E-state index in [1.807, 2.05) is 16.7 Å². The quantitative estimate of drug-likeness (QED) is 0.541. The van der Waals surface area contributed by atoms with Gasteiger partial charge in [0.05, 0.1) is 0 Å². The van der Waals surface area contributed by atoms with E-state index in [1.165, 1.54) is 23.8 Å². The van der Waals surface area contributed by atoms with Crippen LogP contribution in [0.3, 0.4) is 0 Å². The van der Waals surface area contributed by atoms with Gasteiger partial charge in [0.15, 0.2) is 5.82 Å². The first kappa shape index (κ1) is 21.5. The molecular weight excluding hydrogens is 428 g/mol. The van der Waals surface area contributed by atoms with Crippen LogP contribution in [0.4, 0.5) is 0 Å². The lowest BCUT2D eigenvalue weighted by molar-refractivity contribution is -0.0167. The molecule has 34 heavy (non-hydrogen) atoms. The molecule has 3 aromatic rings. The maximum Gasteiger partial charge on any atom is 0.288 e. The first-order chi connectivity index (χ1) is 16.5. The van der Waals surface area contributed by atoms with Crippen LogP contribution in [-0.4, -0.2) is 35.6 Å². The van der Waals surface area contributed by atoms with E-state index in [4.69, 9.17) is 0 Å². The maximum atomic E-state index is 13.6. The van der Waals surface area contributed by atoms with Gasteiger partial charge < -0.3 is 9.88 Å². The van der Waals surface area contributed by atoms with E-state index in [2.05, 4.69) is 27.3 Å². The monoisotopic (exact) mass is 460 g/mol. The van der Waals surface area contributed by atoms with Crippen LogP contribution in [0.25, 0.3) is 17.2 Å². The number of aromatic nitrogens is 5. The number of amides is 1. The van der Waals surface area contributed by atoms with Crippen LogP contribution in [0.2, 0.25) is 0 Å². The number of rotatable bonds is 7. The highest BCUT2D eigenvalue weighted by Crippen LogP contribution is 2.55. The van der Waals surface area contributed by atoms with Crippen LogP contribution in [0, 0.1) is 17.8 Å². The molecule has 178 valence electrons. The van der Waals surface area contributed by atoms with Gasteiger partial charge in [0, 0.05) is 36.2 Å². The molecule has 3 heterocycles. The van der Waals surface area contributed by atoms with Crippen molar-refractivity contribution in [2.75, 3.05) is 0 Å². The van der Waals surface area contributed by atoms with Crippen LogP contribution >= 0.6 is 0 Å². The van der Waals surface area contributed by atoms with Crippen LogP contribution in [0.5, 0.6) is 0 Å². The number of aryl methyl sites for hydroxylation is 1. The Morgan fingerprint density at radius 1 is 1.15 bits per heavy atom. The normalized spacial score (nSPS) is 27.4. The standard InChI is InChI=1S/C26H32N6O2/c1-2-3-4-8-31-16-21(23(33)29-26-12-17-9-18(13-26)11-19(10-17)14-26)24(34)32-25(31)28-22(30-32)20-6-5-7-27-15-20/h5-7,15-19H,2-4,8-14H2,1H3,(H,29,33). The van der Waals surface area contributed by atoms with E-state index >= 15 is 0 Å². The van der Waals surface area contributed by atoms with Crippen molar-refractivity contribution in [3.05, 3.63) is 46.6 Å². The molecule has 7 rings (SSSR count). The number of unbranched alkanes of at least 4 members (excludes halogenated alkanes) is 2. The van der Waals surface area contributed by atoms with Crippen molar-refractivity contribution in [2.45, 2.75) is 76.8 Å². The molecule has 4 saturated carbocycles. The molecular formula is C26H32N6O2. The number of carbonyl (C=O) groups excluding carboxylic acids is 1. The summed E-state index contributed by atoms with van der Waals surface area (Å²) in [6.45, 7) is 2.84. The van der Waals surface area contributed by atoms with Gasteiger partial charge in [-0.3, -0.25) is 14.6 Å². The summed E-state index contributed by atoms with van der Waals surface area (Å²) < 4.78 is 3.21. The zero-order valence-electron chi connectivity index (χ0n) is 19.7. The Hall–Kier alpha value is -3.03. The van der Waals surface area contributed by atoms with Crippen LogP contribution < -0.4 is 10.9 Å². The number of carbonyl (C=O) groups is 1. The summed E-state index contributed by atoms with van der Waals surface area (Å²) in [7, 11) is 0. The Bertz CT molecular complexity index is 1240. The molecule has 1 amide bonds. The summed E-state index contributed by atoms with van der Waals surface area (Å²) in [4.78, 5) is 35.8. The van der Waals surface area contributed by atoms with Gasteiger partial charge in [0.25, 0.3) is 11.5 Å². The summed E-state index contributed by atoms with van der Waals surface area (Å²) in [5.41, 5.74) is 0.336. The number of fused-ring (bicyclic) bond motifs is 1. The van der Waals surface area contributed by atoms with Gasteiger partial charge in [-0.25, -0.2) is 0 Å². The molecule has 4 aliphatic rings. The van der Waals surface area contributed by atoms with Gasteiger partial charge >= 0.3 is 0 Å². The minimum Gasteiger partial charge on any atom is -0.346 e. The van der Waals surface area contributed by atoms with Gasteiger partial charge in [-0.05, 0) is 74.8 Å². The Morgan fingerprint density at radius 3 is 2.53 bits per heavy atom. The van der Waals surface area contributed by atoms with Gasteiger partial charge in [0.1, 0.15) is 5.56 Å². The Labute approximate surface area is 198 Å². The summed E-state index contributed by atoms with van der Waals surface area (Å²) in [5.74, 6) is 2.79. The third kappa shape index (κ3) is 3.73. The molecule has 0 spiro atoms. The number of nitrogens with zero attached hydrogens (tertiary/aromatic N) is 5. The molecule has 0 saturated heterocycles. The number of pyridine rings is 1. The molecule has 4 bridgehead atoms. The van der Waals surface area contributed by atoms with Gasteiger partial charge in [-0.15, -0.1) is 5.10 Å². The second-order valence-electron chi connectivity index (χ2n) is 10.8. The maximum absolute atomic E-state index is 13.6. The molecule has 8 heteroatoms. The highest BCUT2D eigenvalue weighted by molar-refractivity contribution is 5.94. The molecule has 1 N–H and O–H groups in total. The van der Waals surface area contributed by atoms with Crippen LogP contribution in [-0.2, 0) is 6.54 Å². The molecule has 8 nitrogen and oxygen atoms in total. The number of nitrogens with one attached hydrogen (secondary N) is 1. The molecule has 0 unspecified atom stereocenters. The molecule has 0 aromatic carbocycles. The third-order valence-corrected chi connectivity index (χ3v) is 8.14. The zero-order chi connectivity index (χ0) is 23.3. The Morgan fingerprint density at radius 2 is 1.88 bits per heavy atom. The van der Waals surface area contributed by atoms with E-state index < -0.39 is 5.56 Å². The fraction of sp³-hybridized carbons (Fsp3) is 0.577. The van der Waals surface area contributed by atoms with E-state index in [-0.39, 0.29) is 17.0 Å². The summed E-state index contributed by atoms with van der Waals surface area (Å²) in [5, 5.41) is 7.85. The summed E-state index contributed by atoms with van der Waals surface area (Å²) in [6.07, 6.45) is 15.2. The van der Waals surface area contributed by atoms with Gasteiger partial charge in [-0.2, -0.15) is 9.50 Å². The van der Waals surface area contributed by atoms with Crippen molar-refractivity contribution in [3.8, 4) is 11.4 Å². The molecule has 0 atom stereocenters. The molecule has 3 aromatic heterocycles. The third-order valence-electron chi connectivity index (χ3n) is 8.14. The van der Waals surface area contributed by atoms with Gasteiger partial charge in [0.2, 0.25) is 5.78 Å². The number of hydrogen-bond acceptors (Lipinski definition) is 5. The molecule has 4 fully saturated rings. The Balaban J connectivity index is 1.37. The molecule has 0 radical (unpaired) electrons. The lowest BCUT2D eigenvalue weighted by Gasteiger charge is -2.56. The van der Waals surface area contributed by atoms with Gasteiger partial charge in [-0.1, -0.05) is 19.8 Å². The molecule has 4 aliphatic carbocycles. The SMILES string of the molecule is CCCCCn1cc(C(=O)NC23CC4CC(CC(C4)C2)C3)c(=O)n2nc(-c3cccnc3)nc12. The minimum atomic E-state index is -0.411. The van der Waals surface area contributed by atoms with Crippen molar-refractivity contribution in [3.63, 3.8) is 0 Å². The average Bonchev–Trinajstić information content (AvgIpc) is 3.26. The largest absolute Gasteiger partial charge is 0.346 e. The van der Waals surface area contributed by atoms with Crippen molar-refractivity contribution < 1.29 is 4.79 Å². The second-order valence-corrected chi connectivity index (χ2v) is 10.8. The smallest absolute Gasteiger partial charge is 0.288 e. The summed E-state index contributed by atoms with van der Waals surface area (Å²) >= 11 is 0. The van der Waals surface area contributed by atoms with Crippen LogP contribution in [0.1, 0.15) is 75.1 Å². The predicted octanol–water partition coefficient (Wildman–Crippen LogP) is 3.84. The van der Waals surface area contributed by atoms with E-state index in [9.17, 15) is 9.59 Å². The van der Waals surface area contributed by atoms with E-state index in [0.29, 0.717) is 18.1 Å². The second kappa shape index (κ2) is 8.32. The lowest BCUT2D eigenvalue weighted by atomic mass is 9.53. The van der Waals surface area contributed by atoms with E-state index in [1.54, 1.807) is 18.6 Å². The lowest BCUT2D eigenvalue weighted by Crippen LogP contribution is -2.60. The number of hydrogen-bond donors (Lipinski definition) is 1. The first-order valence-electron chi connectivity index (χ1n) is 12.8. The summed E-state index contributed by atoms with van der Waals surface area (Å²) in [6, 6.07) is 3.69. The predicted molar refractivity (Wildman–Crippen MR) is 128 cm³/mol. The zero-order valence-corrected chi connectivity index (χ0v) is 19.7. The van der Waals surface area contributed by atoms with Crippen molar-refractivity contribution >= 4 is 11.7 Å². The first-order valence-corrected chi connectivity index (χ1v) is 12.8. The Kier molecular flexibility index (Phi) is 5.26. The average molecular weight is 461 g/mol. The van der Waals surface area contributed by atoms with Crippen LogP contribution in [0.15, 0.2) is 35.5 Å².